The molecule has 1 fully saturated rings. The van der Waals surface area contributed by atoms with Gasteiger partial charge in [0.15, 0.2) is 5.96 Å². The lowest BCUT2D eigenvalue weighted by molar-refractivity contribution is 0.414. The van der Waals surface area contributed by atoms with Crippen molar-refractivity contribution in [3.8, 4) is 5.75 Å². The Labute approximate surface area is 114 Å². The molecule has 102 valence electrons. The predicted molar refractivity (Wildman–Crippen MR) is 76.8 cm³/mol. The molecular weight excluding hydrogens is 238 g/mol. The van der Waals surface area contributed by atoms with Crippen molar-refractivity contribution in [1.29, 1.82) is 0 Å². The molecule has 3 rings (SSSR count). The Balaban J connectivity index is 1.53. The third-order valence-electron chi connectivity index (χ3n) is 4.03. The van der Waals surface area contributed by atoms with E-state index in [4.69, 9.17) is 4.74 Å². The number of nitrogens with one attached hydrogen (secondary N) is 1. The standard InChI is InChI=1S/C15H21N3O/c1-18-7-6-16-15(18)17-10-12-9-14(12)11-4-3-5-13(8-11)19-2/h3-5,8,12,14H,6-7,9-10H2,1-2H3,(H,16,17)/t12-,14-/m0/s1. The zero-order valence-corrected chi connectivity index (χ0v) is 11.6. The molecule has 19 heavy (non-hydrogen) atoms. The number of methoxy groups -OCH3 is 1. The van der Waals surface area contributed by atoms with Gasteiger partial charge in [-0.05, 0) is 36.0 Å². The van der Waals surface area contributed by atoms with Crippen molar-refractivity contribution >= 4 is 5.96 Å². The fourth-order valence-electron chi connectivity index (χ4n) is 2.70. The molecule has 1 saturated carbocycles. The zero-order valence-electron chi connectivity index (χ0n) is 11.6. The Morgan fingerprint density at radius 2 is 2.37 bits per heavy atom. The van der Waals surface area contributed by atoms with E-state index < -0.39 is 0 Å². The fourth-order valence-corrected chi connectivity index (χ4v) is 2.70. The second-order valence-corrected chi connectivity index (χ2v) is 5.39. The van der Waals surface area contributed by atoms with Crippen molar-refractivity contribution in [1.82, 2.24) is 10.2 Å². The van der Waals surface area contributed by atoms with E-state index in [1.54, 1.807) is 7.11 Å². The summed E-state index contributed by atoms with van der Waals surface area (Å²) in [5.74, 6) is 3.41. The first-order chi connectivity index (χ1) is 9.28. The van der Waals surface area contributed by atoms with Crippen molar-refractivity contribution in [3.05, 3.63) is 29.8 Å². The van der Waals surface area contributed by atoms with Gasteiger partial charge in [-0.1, -0.05) is 12.1 Å². The van der Waals surface area contributed by atoms with E-state index in [1.165, 1.54) is 12.0 Å². The van der Waals surface area contributed by atoms with E-state index >= 15 is 0 Å². The van der Waals surface area contributed by atoms with Crippen LogP contribution in [0, 0.1) is 5.92 Å². The van der Waals surface area contributed by atoms with Crippen LogP contribution in [0.4, 0.5) is 0 Å². The summed E-state index contributed by atoms with van der Waals surface area (Å²) in [5.41, 5.74) is 1.40. The molecule has 1 aromatic rings. The maximum absolute atomic E-state index is 5.28. The third-order valence-corrected chi connectivity index (χ3v) is 4.03. The Hall–Kier alpha value is -1.71. The van der Waals surface area contributed by atoms with Crippen LogP contribution in [0.3, 0.4) is 0 Å². The van der Waals surface area contributed by atoms with Gasteiger partial charge in [0, 0.05) is 20.1 Å². The van der Waals surface area contributed by atoms with Gasteiger partial charge < -0.3 is 15.0 Å². The number of hydrogen-bond donors (Lipinski definition) is 1. The molecule has 2 aliphatic rings. The molecule has 1 aromatic carbocycles. The van der Waals surface area contributed by atoms with E-state index in [1.807, 2.05) is 6.07 Å². The summed E-state index contributed by atoms with van der Waals surface area (Å²) in [7, 11) is 3.81. The molecule has 0 aromatic heterocycles. The van der Waals surface area contributed by atoms with Gasteiger partial charge in [-0.2, -0.15) is 0 Å². The van der Waals surface area contributed by atoms with E-state index in [0.717, 1.165) is 37.3 Å². The summed E-state index contributed by atoms with van der Waals surface area (Å²) in [6, 6.07) is 8.43. The van der Waals surface area contributed by atoms with Gasteiger partial charge in [-0.3, -0.25) is 4.99 Å². The third kappa shape index (κ3) is 2.67. The molecule has 1 aliphatic carbocycles. The van der Waals surface area contributed by atoms with E-state index in [2.05, 4.69) is 40.5 Å². The van der Waals surface area contributed by atoms with Crippen LogP contribution in [0.25, 0.3) is 0 Å². The van der Waals surface area contributed by atoms with Gasteiger partial charge in [0.05, 0.1) is 13.7 Å². The first-order valence-electron chi connectivity index (χ1n) is 6.91. The van der Waals surface area contributed by atoms with E-state index in [0.29, 0.717) is 5.92 Å². The molecule has 0 saturated heterocycles. The van der Waals surface area contributed by atoms with Gasteiger partial charge in [-0.25, -0.2) is 0 Å². The first kappa shape index (κ1) is 12.3. The number of guanidine groups is 1. The summed E-state index contributed by atoms with van der Waals surface area (Å²) in [4.78, 5) is 6.64. The second kappa shape index (κ2) is 5.11. The van der Waals surface area contributed by atoms with Crippen LogP contribution in [-0.4, -0.2) is 44.7 Å². The van der Waals surface area contributed by atoms with Crippen LogP contribution >= 0.6 is 0 Å². The maximum Gasteiger partial charge on any atom is 0.193 e. The largest absolute Gasteiger partial charge is 0.497 e. The Morgan fingerprint density at radius 1 is 1.47 bits per heavy atom. The van der Waals surface area contributed by atoms with Gasteiger partial charge in [0.1, 0.15) is 5.75 Å². The van der Waals surface area contributed by atoms with Gasteiger partial charge in [-0.15, -0.1) is 0 Å². The highest BCUT2D eigenvalue weighted by Crippen LogP contribution is 2.47. The van der Waals surface area contributed by atoms with E-state index in [9.17, 15) is 0 Å². The molecule has 1 heterocycles. The van der Waals surface area contributed by atoms with Crippen molar-refractivity contribution < 1.29 is 4.74 Å². The molecule has 4 nitrogen and oxygen atoms in total. The number of nitrogens with zero attached hydrogens (tertiary/aromatic N) is 2. The summed E-state index contributed by atoms with van der Waals surface area (Å²) in [6.45, 7) is 2.97. The first-order valence-corrected chi connectivity index (χ1v) is 6.91. The fraction of sp³-hybridized carbons (Fsp3) is 0.533. The highest BCUT2D eigenvalue weighted by atomic mass is 16.5. The number of benzene rings is 1. The molecule has 2 atom stereocenters. The minimum atomic E-state index is 0.676. The molecule has 4 heteroatoms. The predicted octanol–water partition coefficient (Wildman–Crippen LogP) is 1.69. The summed E-state index contributed by atoms with van der Waals surface area (Å²) in [5, 5.41) is 3.47. The van der Waals surface area contributed by atoms with Crippen LogP contribution < -0.4 is 10.1 Å². The lowest BCUT2D eigenvalue weighted by atomic mass is 10.1. The molecule has 0 spiro atoms. The second-order valence-electron chi connectivity index (χ2n) is 5.39. The van der Waals surface area contributed by atoms with Gasteiger partial charge in [0.2, 0.25) is 0 Å². The van der Waals surface area contributed by atoms with Crippen molar-refractivity contribution in [2.45, 2.75) is 12.3 Å². The number of likely N-dealkylation sites (N-methyl/N-ethyl adjacent to an activating group) is 1. The highest BCUT2D eigenvalue weighted by Gasteiger charge is 2.38. The zero-order chi connectivity index (χ0) is 13.2. The Bertz CT molecular complexity index is 486. The molecule has 0 radical (unpaired) electrons. The molecular formula is C15H21N3O. The number of ether oxygens (including phenoxy) is 1. The summed E-state index contributed by atoms with van der Waals surface area (Å²) >= 11 is 0. The molecule has 1 aliphatic heterocycles. The number of rotatable bonds is 4. The number of hydrogen-bond acceptors (Lipinski definition) is 4. The Kier molecular flexibility index (Phi) is 3.32. The normalized spacial score (nSPS) is 25.2. The van der Waals surface area contributed by atoms with E-state index in [-0.39, 0.29) is 0 Å². The lowest BCUT2D eigenvalue weighted by Crippen LogP contribution is -2.36. The van der Waals surface area contributed by atoms with Crippen LogP contribution in [0.15, 0.2) is 29.3 Å². The van der Waals surface area contributed by atoms with Crippen molar-refractivity contribution in [2.75, 3.05) is 33.8 Å². The minimum Gasteiger partial charge on any atom is -0.497 e. The molecule has 0 bridgehead atoms. The monoisotopic (exact) mass is 259 g/mol. The van der Waals surface area contributed by atoms with Crippen molar-refractivity contribution in [3.63, 3.8) is 0 Å². The Morgan fingerprint density at radius 3 is 3.11 bits per heavy atom. The average molecular weight is 259 g/mol. The lowest BCUT2D eigenvalue weighted by Gasteiger charge is -2.15. The maximum atomic E-state index is 5.28. The number of aliphatic imine (C=N–C) groups is 1. The highest BCUT2D eigenvalue weighted by molar-refractivity contribution is 5.81. The molecule has 0 amide bonds. The van der Waals surface area contributed by atoms with Crippen LogP contribution in [0.1, 0.15) is 17.9 Å². The van der Waals surface area contributed by atoms with Crippen LogP contribution in [0.5, 0.6) is 5.75 Å². The van der Waals surface area contributed by atoms with Gasteiger partial charge >= 0.3 is 0 Å². The smallest absolute Gasteiger partial charge is 0.193 e. The van der Waals surface area contributed by atoms with Crippen LogP contribution in [-0.2, 0) is 0 Å². The summed E-state index contributed by atoms with van der Waals surface area (Å²) < 4.78 is 5.28. The minimum absolute atomic E-state index is 0.676. The SMILES string of the molecule is COc1cccc([C@@H]2C[C@H]2CNC2=NCCN2C)c1. The molecule has 1 N–H and O–H groups in total. The van der Waals surface area contributed by atoms with Crippen molar-refractivity contribution in [2.24, 2.45) is 10.9 Å². The topological polar surface area (TPSA) is 36.9 Å². The molecule has 0 unspecified atom stereocenters. The average Bonchev–Trinajstić information content (AvgIpc) is 3.11. The quantitative estimate of drug-likeness (QED) is 0.894. The van der Waals surface area contributed by atoms with Crippen LogP contribution in [0.2, 0.25) is 0 Å². The van der Waals surface area contributed by atoms with Gasteiger partial charge in [0.25, 0.3) is 0 Å². The summed E-state index contributed by atoms with van der Waals surface area (Å²) in [6.07, 6.45) is 1.26.